The van der Waals surface area contributed by atoms with Crippen molar-refractivity contribution in [3.05, 3.63) is 0 Å². The van der Waals surface area contributed by atoms with E-state index < -0.39 is 85.6 Å². The molecule has 0 aromatic rings. The molecule has 0 bridgehead atoms. The molecule has 2 fully saturated rings. The first-order valence-corrected chi connectivity index (χ1v) is 11.5. The van der Waals surface area contributed by atoms with Gasteiger partial charge in [-0.15, -0.1) is 5.06 Å². The lowest BCUT2D eigenvalue weighted by Gasteiger charge is -2.44. The van der Waals surface area contributed by atoms with E-state index in [1.807, 2.05) is 0 Å². The summed E-state index contributed by atoms with van der Waals surface area (Å²) in [5, 5.41) is 0.375. The highest BCUT2D eigenvalue weighted by Gasteiger charge is 2.52. The second-order valence-corrected chi connectivity index (χ2v) is 8.04. The molecule has 2 amide bonds. The van der Waals surface area contributed by atoms with Gasteiger partial charge in [0.25, 0.3) is 11.8 Å². The molecule has 16 nitrogen and oxygen atoms in total. The number of nitrogens with zero attached hydrogens (tertiary/aromatic N) is 1. The predicted octanol–water partition coefficient (Wildman–Crippen LogP) is -1.29. The molecule has 16 heteroatoms. The zero-order valence-corrected chi connectivity index (χ0v) is 21.2. The SMILES string of the molecule is CC(=O)OC[C@H]1O[C@@H](OCCOCC(=O)ON2C(=O)CCC2=O)[C@H](OC(C)=O)[C@@H](OC(C)=O)[C@@H]1OC(C)=O. The summed E-state index contributed by atoms with van der Waals surface area (Å²) in [5.74, 6) is -5.33. The predicted molar refractivity (Wildman–Crippen MR) is 116 cm³/mol. The minimum Gasteiger partial charge on any atom is -0.463 e. The van der Waals surface area contributed by atoms with Gasteiger partial charge in [0.15, 0.2) is 24.6 Å². The third kappa shape index (κ3) is 9.35. The Labute approximate surface area is 216 Å². The minimum atomic E-state index is -1.41. The molecule has 0 aromatic carbocycles. The van der Waals surface area contributed by atoms with Crippen LogP contribution in [0.15, 0.2) is 0 Å². The molecule has 0 spiro atoms. The van der Waals surface area contributed by atoms with Crippen LogP contribution in [0.1, 0.15) is 40.5 Å². The average Bonchev–Trinajstić information content (AvgIpc) is 3.12. The van der Waals surface area contributed by atoms with Crippen LogP contribution in [0.5, 0.6) is 0 Å². The van der Waals surface area contributed by atoms with Gasteiger partial charge in [0.2, 0.25) is 0 Å². The van der Waals surface area contributed by atoms with Crippen LogP contribution in [-0.2, 0) is 71.6 Å². The molecule has 2 rings (SSSR count). The first-order chi connectivity index (χ1) is 17.9. The van der Waals surface area contributed by atoms with Crippen molar-refractivity contribution in [2.45, 2.75) is 71.2 Å². The molecule has 0 saturated carbocycles. The van der Waals surface area contributed by atoms with E-state index in [9.17, 15) is 33.6 Å². The van der Waals surface area contributed by atoms with Gasteiger partial charge in [0.1, 0.15) is 19.3 Å². The number of hydroxylamine groups is 2. The Bertz CT molecular complexity index is 918. The van der Waals surface area contributed by atoms with Crippen molar-refractivity contribution in [3.8, 4) is 0 Å². The Kier molecular flexibility index (Phi) is 11.5. The van der Waals surface area contributed by atoms with E-state index in [0.717, 1.165) is 27.7 Å². The molecule has 0 unspecified atom stereocenters. The van der Waals surface area contributed by atoms with E-state index >= 15 is 0 Å². The van der Waals surface area contributed by atoms with Gasteiger partial charge in [0, 0.05) is 40.5 Å². The summed E-state index contributed by atoms with van der Waals surface area (Å²) < 4.78 is 37.2. The molecular formula is C22H29NO15. The largest absolute Gasteiger partial charge is 0.463 e. The fourth-order valence-electron chi connectivity index (χ4n) is 3.49. The molecule has 2 aliphatic rings. The highest BCUT2D eigenvalue weighted by molar-refractivity contribution is 6.01. The number of ether oxygens (including phenoxy) is 7. The lowest BCUT2D eigenvalue weighted by molar-refractivity contribution is -0.309. The summed E-state index contributed by atoms with van der Waals surface area (Å²) in [6.45, 7) is 2.85. The second kappa shape index (κ2) is 14.3. The van der Waals surface area contributed by atoms with Crippen molar-refractivity contribution in [2.24, 2.45) is 0 Å². The Morgan fingerprint density at radius 2 is 1.34 bits per heavy atom. The van der Waals surface area contributed by atoms with Crippen LogP contribution < -0.4 is 0 Å². The fourth-order valence-corrected chi connectivity index (χ4v) is 3.49. The normalized spacial score (nSPS) is 24.9. The highest BCUT2D eigenvalue weighted by Crippen LogP contribution is 2.30. The molecule has 5 atom stereocenters. The van der Waals surface area contributed by atoms with E-state index in [1.54, 1.807) is 0 Å². The van der Waals surface area contributed by atoms with Gasteiger partial charge < -0.3 is 38.0 Å². The minimum absolute atomic E-state index is 0.0587. The van der Waals surface area contributed by atoms with E-state index in [2.05, 4.69) is 4.84 Å². The number of imide groups is 1. The van der Waals surface area contributed by atoms with Crippen LogP contribution >= 0.6 is 0 Å². The summed E-state index contributed by atoms with van der Waals surface area (Å²) >= 11 is 0. The number of carbonyl (C=O) groups is 7. The molecule has 0 aromatic heterocycles. The number of carbonyl (C=O) groups excluding carboxylic acids is 7. The summed E-state index contributed by atoms with van der Waals surface area (Å²) in [4.78, 5) is 86.1. The molecule has 2 aliphatic heterocycles. The van der Waals surface area contributed by atoms with Crippen LogP contribution in [0.4, 0.5) is 0 Å². The second-order valence-electron chi connectivity index (χ2n) is 8.04. The molecular weight excluding hydrogens is 518 g/mol. The van der Waals surface area contributed by atoms with Crippen molar-refractivity contribution in [2.75, 3.05) is 26.4 Å². The molecule has 2 saturated heterocycles. The van der Waals surface area contributed by atoms with Gasteiger partial charge in [0.05, 0.1) is 13.2 Å². The first kappa shape index (κ1) is 30.6. The third-order valence-corrected chi connectivity index (χ3v) is 4.88. The monoisotopic (exact) mass is 547 g/mol. The first-order valence-electron chi connectivity index (χ1n) is 11.5. The third-order valence-electron chi connectivity index (χ3n) is 4.88. The highest BCUT2D eigenvalue weighted by atomic mass is 16.7. The van der Waals surface area contributed by atoms with Gasteiger partial charge in [-0.05, 0) is 0 Å². The maximum absolute atomic E-state index is 11.8. The van der Waals surface area contributed by atoms with E-state index in [4.69, 9.17) is 33.2 Å². The van der Waals surface area contributed by atoms with Gasteiger partial charge in [-0.25, -0.2) is 4.79 Å². The van der Waals surface area contributed by atoms with Gasteiger partial charge in [-0.1, -0.05) is 0 Å². The number of hydrogen-bond donors (Lipinski definition) is 0. The van der Waals surface area contributed by atoms with E-state index in [1.165, 1.54) is 0 Å². The maximum Gasteiger partial charge on any atom is 0.358 e. The molecule has 0 N–H and O–H groups in total. The average molecular weight is 547 g/mol. The lowest BCUT2D eigenvalue weighted by atomic mass is 9.98. The van der Waals surface area contributed by atoms with Gasteiger partial charge in [-0.2, -0.15) is 0 Å². The smallest absolute Gasteiger partial charge is 0.358 e. The van der Waals surface area contributed by atoms with Crippen LogP contribution in [0.25, 0.3) is 0 Å². The van der Waals surface area contributed by atoms with E-state index in [-0.39, 0.29) is 26.1 Å². The Hall–Kier alpha value is -3.63. The van der Waals surface area contributed by atoms with Gasteiger partial charge >= 0.3 is 29.8 Å². The van der Waals surface area contributed by atoms with Crippen LogP contribution in [0.3, 0.4) is 0 Å². The summed E-state index contributed by atoms with van der Waals surface area (Å²) in [7, 11) is 0. The molecule has 0 aliphatic carbocycles. The van der Waals surface area contributed by atoms with E-state index in [0.29, 0.717) is 5.06 Å². The van der Waals surface area contributed by atoms with Crippen molar-refractivity contribution in [1.82, 2.24) is 5.06 Å². The fraction of sp³-hybridized carbons (Fsp3) is 0.682. The Balaban J connectivity index is 2.05. The Morgan fingerprint density at radius 1 is 0.789 bits per heavy atom. The van der Waals surface area contributed by atoms with Crippen LogP contribution in [0, 0.1) is 0 Å². The topological polar surface area (TPSA) is 197 Å². The maximum atomic E-state index is 11.8. The van der Waals surface area contributed by atoms with Crippen molar-refractivity contribution in [3.63, 3.8) is 0 Å². The zero-order chi connectivity index (χ0) is 28.4. The van der Waals surface area contributed by atoms with Crippen LogP contribution in [-0.4, -0.2) is 104 Å². The number of hydrogen-bond acceptors (Lipinski definition) is 15. The summed E-state index contributed by atoms with van der Waals surface area (Å²) in [5.41, 5.74) is 0. The Morgan fingerprint density at radius 3 is 1.89 bits per heavy atom. The van der Waals surface area contributed by atoms with Gasteiger partial charge in [-0.3, -0.25) is 28.8 Å². The number of rotatable bonds is 12. The van der Waals surface area contributed by atoms with Crippen molar-refractivity contribution < 1.29 is 71.6 Å². The number of amides is 2. The van der Waals surface area contributed by atoms with Crippen molar-refractivity contribution >= 4 is 41.7 Å². The molecule has 2 heterocycles. The lowest BCUT2D eigenvalue weighted by Crippen LogP contribution is -2.63. The molecule has 38 heavy (non-hydrogen) atoms. The number of esters is 4. The summed E-state index contributed by atoms with van der Waals surface area (Å²) in [6.07, 6.45) is -6.85. The quantitative estimate of drug-likeness (QED) is 0.121. The van der Waals surface area contributed by atoms with Crippen LogP contribution in [0.2, 0.25) is 0 Å². The molecule has 0 radical (unpaired) electrons. The summed E-state index contributed by atoms with van der Waals surface area (Å²) in [6, 6.07) is 0. The zero-order valence-electron chi connectivity index (χ0n) is 21.2. The molecule has 212 valence electrons. The van der Waals surface area contributed by atoms with Crippen molar-refractivity contribution in [1.29, 1.82) is 0 Å². The standard InChI is InChI=1S/C22H29NO15/c1-11(24)33-9-15-19(34-12(2)25)20(35-13(3)26)21(36-14(4)27)22(37-15)32-8-7-31-10-18(30)38-23-16(28)5-6-17(23)29/h15,19-22H,5-10H2,1-4H3/t15-,19-,20+,21-,22-/m1/s1.